The van der Waals surface area contributed by atoms with Crippen LogP contribution in [-0.4, -0.2) is 82.3 Å². The summed E-state index contributed by atoms with van der Waals surface area (Å²) >= 11 is 0. The van der Waals surface area contributed by atoms with E-state index in [0.717, 1.165) is 70.6 Å². The summed E-state index contributed by atoms with van der Waals surface area (Å²) in [5.41, 5.74) is 0. The molecule has 2 unspecified atom stereocenters. The van der Waals surface area contributed by atoms with Gasteiger partial charge < -0.3 is 33.3 Å². The van der Waals surface area contributed by atoms with Gasteiger partial charge in [0, 0.05) is 12.8 Å². The zero-order valence-corrected chi connectivity index (χ0v) is 44.3. The highest BCUT2D eigenvalue weighted by molar-refractivity contribution is 5.70. The van der Waals surface area contributed by atoms with Crippen LogP contribution < -0.4 is 5.11 Å². The summed E-state index contributed by atoms with van der Waals surface area (Å²) in [7, 11) is 5.91. The molecular formula is C58H105NO8. The molecule has 0 aromatic heterocycles. The van der Waals surface area contributed by atoms with Crippen LogP contribution in [0.15, 0.2) is 48.6 Å². The minimum Gasteiger partial charge on any atom is -0.545 e. The summed E-state index contributed by atoms with van der Waals surface area (Å²) in [6.07, 6.45) is 57.2. The molecule has 0 amide bonds. The van der Waals surface area contributed by atoms with E-state index in [4.69, 9.17) is 18.9 Å². The Morgan fingerprint density at radius 3 is 1.24 bits per heavy atom. The summed E-state index contributed by atoms with van der Waals surface area (Å²) in [6, 6.07) is 0. The molecule has 0 aromatic carbocycles. The zero-order valence-electron chi connectivity index (χ0n) is 44.3. The van der Waals surface area contributed by atoms with E-state index in [9.17, 15) is 19.5 Å². The largest absolute Gasteiger partial charge is 0.545 e. The zero-order chi connectivity index (χ0) is 49.2. The van der Waals surface area contributed by atoms with Crippen LogP contribution >= 0.6 is 0 Å². The molecule has 9 heteroatoms. The Morgan fingerprint density at radius 2 is 0.806 bits per heavy atom. The molecule has 0 aliphatic rings. The van der Waals surface area contributed by atoms with Gasteiger partial charge in [0.25, 0.3) is 0 Å². The average molecular weight is 944 g/mol. The SMILES string of the molecule is CCCCC/C=C\C/C=C\C/C=C\CCCCCCCCC(=O)OC(COC(=O)CCCCCCCCCCCCC/C=C\CCCCCCCCCC)COC(OCC[N+](C)(C)C)C(=O)[O-]. The van der Waals surface area contributed by atoms with E-state index < -0.39 is 24.3 Å². The Hall–Kier alpha value is -2.75. The van der Waals surface area contributed by atoms with Crippen molar-refractivity contribution in [3.8, 4) is 0 Å². The predicted octanol–water partition coefficient (Wildman–Crippen LogP) is 14.6. The number of unbranched alkanes of at least 4 members (excludes halogenated alkanes) is 28. The standard InChI is InChI=1S/C58H105NO8/c1-6-8-10-12-14-16-18-20-22-24-26-27-28-29-31-32-34-36-38-40-42-44-46-48-55(60)65-52-54(53-66-58(57(62)63)64-51-50-59(3,4)5)67-56(61)49-47-45-43-41-39-37-35-33-30-25-23-21-19-17-15-13-11-9-7-2/h15,17,21,23-24,26,30,33,54,58H,6-14,16,18-20,22,25,27-29,31-32,34-53H2,1-5H3/b17-15-,23-21-,26-24-,33-30-. The lowest BCUT2D eigenvalue weighted by atomic mass is 10.0. The van der Waals surface area contributed by atoms with E-state index in [0.29, 0.717) is 17.4 Å². The third kappa shape index (κ3) is 50.9. The van der Waals surface area contributed by atoms with Crippen molar-refractivity contribution in [2.45, 2.75) is 257 Å². The molecule has 0 saturated carbocycles. The Kier molecular flexibility index (Phi) is 47.6. The number of nitrogens with zero attached hydrogens (tertiary/aromatic N) is 1. The molecule has 9 nitrogen and oxygen atoms in total. The fourth-order valence-electron chi connectivity index (χ4n) is 7.71. The number of carbonyl (C=O) groups is 3. The molecule has 0 bridgehead atoms. The number of aliphatic carboxylic acids is 1. The molecule has 0 aliphatic heterocycles. The molecule has 0 spiro atoms. The first-order valence-electron chi connectivity index (χ1n) is 27.8. The second kappa shape index (κ2) is 49.7. The molecule has 0 saturated heterocycles. The van der Waals surface area contributed by atoms with Gasteiger partial charge in [-0.25, -0.2) is 0 Å². The van der Waals surface area contributed by atoms with E-state index in [-0.39, 0.29) is 38.6 Å². The second-order valence-corrected chi connectivity index (χ2v) is 19.9. The van der Waals surface area contributed by atoms with Crippen molar-refractivity contribution in [3.63, 3.8) is 0 Å². The monoisotopic (exact) mass is 944 g/mol. The van der Waals surface area contributed by atoms with Gasteiger partial charge in [0.05, 0.1) is 40.3 Å². The molecule has 2 atom stereocenters. The number of carboxylic acid groups (broad SMARTS) is 1. The van der Waals surface area contributed by atoms with Gasteiger partial charge in [-0.05, 0) is 77.0 Å². The first-order chi connectivity index (χ1) is 32.6. The Balaban J connectivity index is 4.29. The van der Waals surface area contributed by atoms with Gasteiger partial charge in [0.1, 0.15) is 13.2 Å². The summed E-state index contributed by atoms with van der Waals surface area (Å²) in [4.78, 5) is 37.2. The summed E-state index contributed by atoms with van der Waals surface area (Å²) in [5, 5.41) is 11.8. The van der Waals surface area contributed by atoms with E-state index >= 15 is 0 Å². The second-order valence-electron chi connectivity index (χ2n) is 19.9. The lowest BCUT2D eigenvalue weighted by Gasteiger charge is -2.26. The summed E-state index contributed by atoms with van der Waals surface area (Å²) in [5.74, 6) is -2.30. The smallest absolute Gasteiger partial charge is 0.306 e. The van der Waals surface area contributed by atoms with Crippen LogP contribution in [0, 0.1) is 0 Å². The first-order valence-corrected chi connectivity index (χ1v) is 27.8. The van der Waals surface area contributed by atoms with Gasteiger partial charge in [-0.1, -0.05) is 204 Å². The van der Waals surface area contributed by atoms with Crippen LogP contribution in [-0.2, 0) is 33.3 Å². The minimum atomic E-state index is -1.63. The molecular weight excluding hydrogens is 839 g/mol. The fourth-order valence-corrected chi connectivity index (χ4v) is 7.71. The van der Waals surface area contributed by atoms with Crippen LogP contribution in [0.2, 0.25) is 0 Å². The molecule has 0 N–H and O–H groups in total. The van der Waals surface area contributed by atoms with Crippen molar-refractivity contribution in [1.29, 1.82) is 0 Å². The summed E-state index contributed by atoms with van der Waals surface area (Å²) in [6.45, 7) is 4.72. The molecule has 0 aliphatic carbocycles. The highest BCUT2D eigenvalue weighted by Gasteiger charge is 2.22. The van der Waals surface area contributed by atoms with Gasteiger partial charge >= 0.3 is 11.9 Å². The Labute approximate surface area is 412 Å². The topological polar surface area (TPSA) is 111 Å². The number of quaternary nitrogens is 1. The minimum absolute atomic E-state index is 0.144. The molecule has 0 fully saturated rings. The Morgan fingerprint density at radius 1 is 0.448 bits per heavy atom. The van der Waals surface area contributed by atoms with Crippen molar-refractivity contribution in [3.05, 3.63) is 48.6 Å². The van der Waals surface area contributed by atoms with Gasteiger partial charge in [-0.3, -0.25) is 9.59 Å². The van der Waals surface area contributed by atoms with Crippen LogP contribution in [0.4, 0.5) is 0 Å². The lowest BCUT2D eigenvalue weighted by molar-refractivity contribution is -0.870. The van der Waals surface area contributed by atoms with E-state index in [2.05, 4.69) is 62.5 Å². The van der Waals surface area contributed by atoms with Crippen molar-refractivity contribution in [2.24, 2.45) is 0 Å². The highest BCUT2D eigenvalue weighted by Crippen LogP contribution is 2.15. The molecule has 0 aromatic rings. The number of allylic oxidation sites excluding steroid dienone is 8. The highest BCUT2D eigenvalue weighted by atomic mass is 16.7. The van der Waals surface area contributed by atoms with E-state index in [1.807, 2.05) is 21.1 Å². The van der Waals surface area contributed by atoms with E-state index in [1.165, 1.54) is 141 Å². The maximum absolute atomic E-state index is 12.8. The molecule has 67 heavy (non-hydrogen) atoms. The van der Waals surface area contributed by atoms with Crippen LogP contribution in [0.1, 0.15) is 245 Å². The number of ether oxygens (including phenoxy) is 4. The van der Waals surface area contributed by atoms with Crippen LogP contribution in [0.25, 0.3) is 0 Å². The van der Waals surface area contributed by atoms with Gasteiger partial charge in [-0.15, -0.1) is 0 Å². The van der Waals surface area contributed by atoms with Gasteiger partial charge in [0.15, 0.2) is 12.4 Å². The molecule has 0 radical (unpaired) electrons. The third-order valence-corrected chi connectivity index (χ3v) is 12.0. The number of rotatable bonds is 51. The van der Waals surface area contributed by atoms with Crippen molar-refractivity contribution >= 4 is 17.9 Å². The van der Waals surface area contributed by atoms with Crippen molar-refractivity contribution in [2.75, 3.05) is 47.5 Å². The summed E-state index contributed by atoms with van der Waals surface area (Å²) < 4.78 is 22.7. The lowest BCUT2D eigenvalue weighted by Crippen LogP contribution is -2.44. The number of esters is 2. The van der Waals surface area contributed by atoms with Crippen molar-refractivity contribution in [1.82, 2.24) is 0 Å². The fraction of sp³-hybridized carbons (Fsp3) is 0.810. The quantitative estimate of drug-likeness (QED) is 0.0195. The normalized spacial score (nSPS) is 13.1. The first kappa shape index (κ1) is 64.2. The van der Waals surface area contributed by atoms with Gasteiger partial charge in [-0.2, -0.15) is 0 Å². The number of hydrogen-bond acceptors (Lipinski definition) is 8. The van der Waals surface area contributed by atoms with Gasteiger partial charge in [0.2, 0.25) is 0 Å². The predicted molar refractivity (Wildman–Crippen MR) is 279 cm³/mol. The number of carboxylic acids is 1. The molecule has 0 heterocycles. The van der Waals surface area contributed by atoms with Crippen molar-refractivity contribution < 1.29 is 42.9 Å². The van der Waals surface area contributed by atoms with Crippen LogP contribution in [0.3, 0.4) is 0 Å². The Bertz CT molecular complexity index is 1240. The maximum atomic E-state index is 12.8. The third-order valence-electron chi connectivity index (χ3n) is 12.0. The maximum Gasteiger partial charge on any atom is 0.306 e. The molecule has 0 rings (SSSR count). The number of likely N-dealkylation sites (N-methyl/N-ethyl adjacent to an activating group) is 1. The number of hydrogen-bond donors (Lipinski definition) is 0. The van der Waals surface area contributed by atoms with E-state index in [1.54, 1.807) is 0 Å². The molecule has 390 valence electrons. The average Bonchev–Trinajstić information content (AvgIpc) is 3.29. The number of carbonyl (C=O) groups excluding carboxylic acids is 3. The van der Waals surface area contributed by atoms with Crippen LogP contribution in [0.5, 0.6) is 0 Å².